The average Bonchev–Trinajstić information content (AvgIpc) is 3.11. The standard InChI is InChI=1S/C26H39N5O.2ClH/c1-4-31(19-24-15-28-29(3)20(24)2)26(32)12-8-11-25-23-13-22(14-27-25)17-30(18-23)16-21-9-6-5-7-10-21;;/h5-7,9-10,15,22-23,25,27H,4,8,11-14,16-19H2,1-3H3;2*1H/t22-,23+,25+;;/m0../s1. The Hall–Kier alpha value is -1.60. The first-order valence-electron chi connectivity index (χ1n) is 12.3. The number of carbonyl (C=O) groups is 1. The van der Waals surface area contributed by atoms with Gasteiger partial charge in [0, 0.05) is 63.5 Å². The van der Waals surface area contributed by atoms with E-state index in [0.717, 1.165) is 49.7 Å². The van der Waals surface area contributed by atoms with E-state index in [4.69, 9.17) is 0 Å². The van der Waals surface area contributed by atoms with Crippen LogP contribution in [-0.4, -0.2) is 57.7 Å². The smallest absolute Gasteiger partial charge is 0.222 e. The van der Waals surface area contributed by atoms with Crippen LogP contribution in [0.3, 0.4) is 0 Å². The molecule has 1 aromatic heterocycles. The summed E-state index contributed by atoms with van der Waals surface area (Å²) in [5, 5.41) is 8.12. The molecular weight excluding hydrogens is 469 g/mol. The molecule has 1 amide bonds. The van der Waals surface area contributed by atoms with Crippen molar-refractivity contribution < 1.29 is 4.79 Å². The van der Waals surface area contributed by atoms with E-state index in [2.05, 4.69) is 59.5 Å². The number of piperidine rings is 2. The fourth-order valence-corrected chi connectivity index (χ4v) is 5.49. The van der Waals surface area contributed by atoms with Crippen molar-refractivity contribution in [2.45, 2.75) is 58.7 Å². The minimum absolute atomic E-state index is 0. The van der Waals surface area contributed by atoms with E-state index in [1.807, 2.05) is 22.8 Å². The summed E-state index contributed by atoms with van der Waals surface area (Å²) in [5.41, 5.74) is 3.68. The van der Waals surface area contributed by atoms with Crippen molar-refractivity contribution in [3.05, 3.63) is 53.3 Å². The highest BCUT2D eigenvalue weighted by molar-refractivity contribution is 5.85. The summed E-state index contributed by atoms with van der Waals surface area (Å²) in [6, 6.07) is 11.4. The highest BCUT2D eigenvalue weighted by Crippen LogP contribution is 2.31. The van der Waals surface area contributed by atoms with Crippen LogP contribution in [0.5, 0.6) is 0 Å². The maximum Gasteiger partial charge on any atom is 0.222 e. The number of amides is 1. The van der Waals surface area contributed by atoms with Crippen molar-refractivity contribution in [1.82, 2.24) is 24.9 Å². The van der Waals surface area contributed by atoms with Crippen LogP contribution in [0.2, 0.25) is 0 Å². The summed E-state index contributed by atoms with van der Waals surface area (Å²) in [4.78, 5) is 17.5. The molecule has 34 heavy (non-hydrogen) atoms. The van der Waals surface area contributed by atoms with Crippen LogP contribution in [-0.2, 0) is 24.9 Å². The van der Waals surface area contributed by atoms with Gasteiger partial charge in [-0.25, -0.2) is 0 Å². The van der Waals surface area contributed by atoms with Crippen molar-refractivity contribution in [3.63, 3.8) is 0 Å². The van der Waals surface area contributed by atoms with Gasteiger partial charge in [0.05, 0.1) is 6.20 Å². The number of fused-ring (bicyclic) bond motifs is 2. The monoisotopic (exact) mass is 509 g/mol. The highest BCUT2D eigenvalue weighted by atomic mass is 35.5. The van der Waals surface area contributed by atoms with Crippen LogP contribution in [0.1, 0.15) is 49.4 Å². The first-order chi connectivity index (χ1) is 15.5. The van der Waals surface area contributed by atoms with E-state index in [1.165, 1.54) is 25.1 Å². The maximum absolute atomic E-state index is 12.9. The quantitative estimate of drug-likeness (QED) is 0.550. The molecule has 3 heterocycles. The fraction of sp³-hybridized carbons (Fsp3) is 0.615. The van der Waals surface area contributed by atoms with Gasteiger partial charge in [-0.2, -0.15) is 5.10 Å². The summed E-state index contributed by atoms with van der Waals surface area (Å²) in [6.45, 7) is 10.1. The molecule has 2 saturated heterocycles. The van der Waals surface area contributed by atoms with E-state index in [0.29, 0.717) is 24.9 Å². The number of halogens is 2. The highest BCUT2D eigenvalue weighted by Gasteiger charge is 2.36. The van der Waals surface area contributed by atoms with E-state index in [1.54, 1.807) is 0 Å². The first kappa shape index (κ1) is 28.6. The second kappa shape index (κ2) is 13.5. The molecule has 4 rings (SSSR count). The number of benzene rings is 1. The molecule has 2 aliphatic rings. The zero-order valence-corrected chi connectivity index (χ0v) is 22.4. The Morgan fingerprint density at radius 1 is 1.21 bits per heavy atom. The topological polar surface area (TPSA) is 53.4 Å². The molecule has 0 unspecified atom stereocenters. The lowest BCUT2D eigenvalue weighted by Gasteiger charge is -2.46. The van der Waals surface area contributed by atoms with Crippen LogP contribution in [0.4, 0.5) is 0 Å². The van der Waals surface area contributed by atoms with Crippen molar-refractivity contribution in [2.24, 2.45) is 18.9 Å². The van der Waals surface area contributed by atoms with E-state index >= 15 is 0 Å². The van der Waals surface area contributed by atoms with Gasteiger partial charge in [0.25, 0.3) is 0 Å². The second-order valence-electron chi connectivity index (χ2n) is 9.74. The molecule has 2 fully saturated rings. The van der Waals surface area contributed by atoms with Crippen LogP contribution in [0.25, 0.3) is 0 Å². The van der Waals surface area contributed by atoms with Crippen LogP contribution < -0.4 is 5.32 Å². The molecule has 0 radical (unpaired) electrons. The fourth-order valence-electron chi connectivity index (χ4n) is 5.49. The van der Waals surface area contributed by atoms with E-state index < -0.39 is 0 Å². The molecule has 0 spiro atoms. The number of hydrogen-bond donors (Lipinski definition) is 1. The normalized spacial score (nSPS) is 21.9. The molecule has 8 heteroatoms. The second-order valence-corrected chi connectivity index (χ2v) is 9.74. The van der Waals surface area contributed by atoms with Gasteiger partial charge in [0.2, 0.25) is 5.91 Å². The zero-order valence-electron chi connectivity index (χ0n) is 20.8. The third-order valence-electron chi connectivity index (χ3n) is 7.47. The number of nitrogens with zero attached hydrogens (tertiary/aromatic N) is 4. The Balaban J connectivity index is 0.00000204. The molecule has 6 nitrogen and oxygen atoms in total. The van der Waals surface area contributed by atoms with Gasteiger partial charge >= 0.3 is 0 Å². The number of likely N-dealkylation sites (tertiary alicyclic amines) is 1. The van der Waals surface area contributed by atoms with Crippen molar-refractivity contribution >= 4 is 30.7 Å². The Labute approximate surface area is 217 Å². The third-order valence-corrected chi connectivity index (χ3v) is 7.47. The maximum atomic E-state index is 12.9. The summed E-state index contributed by atoms with van der Waals surface area (Å²) in [7, 11) is 1.95. The van der Waals surface area contributed by atoms with Gasteiger partial charge in [-0.15, -0.1) is 24.8 Å². The third kappa shape index (κ3) is 7.20. The SMILES string of the molecule is CCN(Cc1cnn(C)c1C)C(=O)CCC[C@H]1NC[C@@H]2C[C@@H]1CN(Cc1ccccc1)C2.Cl.Cl. The molecule has 190 valence electrons. The molecule has 1 N–H and O–H groups in total. The molecule has 1 aromatic carbocycles. The summed E-state index contributed by atoms with van der Waals surface area (Å²) >= 11 is 0. The van der Waals surface area contributed by atoms with Gasteiger partial charge in [0.1, 0.15) is 0 Å². The zero-order chi connectivity index (χ0) is 22.5. The van der Waals surface area contributed by atoms with Crippen molar-refractivity contribution in [3.8, 4) is 0 Å². The van der Waals surface area contributed by atoms with Crippen LogP contribution in [0, 0.1) is 18.8 Å². The number of nitrogens with one attached hydrogen (secondary N) is 1. The number of hydrogen-bond acceptors (Lipinski definition) is 4. The molecular formula is C26H41Cl2N5O. The van der Waals surface area contributed by atoms with Crippen molar-refractivity contribution in [2.75, 3.05) is 26.2 Å². The number of carbonyl (C=O) groups excluding carboxylic acids is 1. The van der Waals surface area contributed by atoms with Crippen LogP contribution in [0.15, 0.2) is 36.5 Å². The lowest BCUT2D eigenvalue weighted by atomic mass is 9.79. The van der Waals surface area contributed by atoms with Gasteiger partial charge in [-0.1, -0.05) is 30.3 Å². The summed E-state index contributed by atoms with van der Waals surface area (Å²) < 4.78 is 1.88. The van der Waals surface area contributed by atoms with Gasteiger partial charge in [-0.3, -0.25) is 14.4 Å². The van der Waals surface area contributed by atoms with E-state index in [9.17, 15) is 4.79 Å². The van der Waals surface area contributed by atoms with Gasteiger partial charge < -0.3 is 10.2 Å². The lowest BCUT2D eigenvalue weighted by Crippen LogP contribution is -2.55. The minimum Gasteiger partial charge on any atom is -0.339 e. The molecule has 2 bridgehead atoms. The Morgan fingerprint density at radius 2 is 1.97 bits per heavy atom. The minimum atomic E-state index is 0. The summed E-state index contributed by atoms with van der Waals surface area (Å²) in [5.74, 6) is 1.72. The Morgan fingerprint density at radius 3 is 2.65 bits per heavy atom. The Kier molecular flexibility index (Phi) is 11.4. The first-order valence-corrected chi connectivity index (χ1v) is 12.3. The number of rotatable bonds is 9. The summed E-state index contributed by atoms with van der Waals surface area (Å²) in [6.07, 6.45) is 5.90. The molecule has 2 aliphatic heterocycles. The lowest BCUT2D eigenvalue weighted by molar-refractivity contribution is -0.131. The predicted octanol–water partition coefficient (Wildman–Crippen LogP) is 4.20. The molecule has 0 saturated carbocycles. The van der Waals surface area contributed by atoms with Gasteiger partial charge in [0.15, 0.2) is 0 Å². The molecule has 3 atom stereocenters. The average molecular weight is 511 g/mol. The van der Waals surface area contributed by atoms with E-state index in [-0.39, 0.29) is 30.7 Å². The Bertz CT molecular complexity index is 891. The predicted molar refractivity (Wildman–Crippen MR) is 142 cm³/mol. The molecule has 0 aliphatic carbocycles. The molecule has 2 aromatic rings. The largest absolute Gasteiger partial charge is 0.339 e. The van der Waals surface area contributed by atoms with Gasteiger partial charge in [-0.05, 0) is 57.1 Å². The number of aryl methyl sites for hydroxylation is 1. The number of aromatic nitrogens is 2. The van der Waals surface area contributed by atoms with Crippen LogP contribution >= 0.6 is 24.8 Å². The van der Waals surface area contributed by atoms with Crippen molar-refractivity contribution in [1.29, 1.82) is 0 Å².